The van der Waals surface area contributed by atoms with Crippen molar-refractivity contribution < 1.29 is 13.9 Å². The van der Waals surface area contributed by atoms with Gasteiger partial charge in [0.15, 0.2) is 5.82 Å². The largest absolute Gasteiger partial charge is 0.472 e. The molecular weight excluding hydrogens is 654 g/mol. The van der Waals surface area contributed by atoms with Gasteiger partial charge in [-0.1, -0.05) is 0 Å². The van der Waals surface area contributed by atoms with Gasteiger partial charge in [0.25, 0.3) is 0 Å². The predicted molar refractivity (Wildman–Crippen MR) is 151 cm³/mol. The number of halogens is 3. The van der Waals surface area contributed by atoms with Gasteiger partial charge in [0.1, 0.15) is 11.6 Å². The van der Waals surface area contributed by atoms with Crippen molar-refractivity contribution in [2.24, 2.45) is 0 Å². The topological polar surface area (TPSA) is 87.3 Å². The van der Waals surface area contributed by atoms with Crippen molar-refractivity contribution in [1.29, 1.82) is 5.26 Å². The quantitative estimate of drug-likeness (QED) is 0.264. The zero-order chi connectivity index (χ0) is 26.4. The van der Waals surface area contributed by atoms with Crippen molar-refractivity contribution >= 4 is 66.2 Å². The van der Waals surface area contributed by atoms with Crippen molar-refractivity contribution in [2.45, 2.75) is 70.2 Å². The van der Waals surface area contributed by atoms with E-state index in [-0.39, 0.29) is 42.1 Å². The predicted octanol–water partition coefficient (Wildman–Crippen LogP) is 5.42. The number of nitriles is 1. The number of hydrogen-bond donors (Lipinski definition) is 0. The van der Waals surface area contributed by atoms with Crippen LogP contribution in [0.4, 0.5) is 4.39 Å². The number of fused-ring (bicyclic) bond motifs is 3. The second-order valence-electron chi connectivity index (χ2n) is 10.1. The maximum atomic E-state index is 15.6. The van der Waals surface area contributed by atoms with E-state index in [0.717, 1.165) is 33.9 Å². The Morgan fingerprint density at radius 3 is 2.84 bits per heavy atom. The number of piperidine rings is 1. The Morgan fingerprint density at radius 1 is 1.38 bits per heavy atom. The third kappa shape index (κ3) is 4.81. The van der Waals surface area contributed by atoms with Crippen LogP contribution in [-0.2, 0) is 4.79 Å². The van der Waals surface area contributed by atoms with Crippen molar-refractivity contribution in [2.75, 3.05) is 20.1 Å². The monoisotopic (exact) mass is 682 g/mol. The molecule has 1 amide bonds. The molecule has 4 heterocycles. The highest BCUT2D eigenvalue weighted by molar-refractivity contribution is 14.1. The van der Waals surface area contributed by atoms with Gasteiger partial charge in [0, 0.05) is 34.5 Å². The molecule has 1 aromatic carbocycles. The van der Waals surface area contributed by atoms with Crippen LogP contribution in [0.2, 0.25) is 0 Å². The number of carbonyl (C=O) groups is 1. The van der Waals surface area contributed by atoms with Gasteiger partial charge in [-0.2, -0.15) is 10.4 Å². The summed E-state index contributed by atoms with van der Waals surface area (Å²) < 4.78 is 25.0. The molecule has 1 unspecified atom stereocenters. The fourth-order valence-electron chi connectivity index (χ4n) is 5.94. The molecule has 3 aromatic rings. The van der Waals surface area contributed by atoms with Gasteiger partial charge in [-0.3, -0.25) is 14.4 Å². The summed E-state index contributed by atoms with van der Waals surface area (Å²) in [5, 5.41) is 15.5. The summed E-state index contributed by atoms with van der Waals surface area (Å²) >= 11 is 5.49. The molecule has 2 fully saturated rings. The molecule has 2 saturated heterocycles. The van der Waals surface area contributed by atoms with E-state index in [1.165, 1.54) is 0 Å². The molecule has 0 N–H and O–H groups in total. The first-order chi connectivity index (χ1) is 17.7. The van der Waals surface area contributed by atoms with Crippen LogP contribution in [0.25, 0.3) is 21.8 Å². The van der Waals surface area contributed by atoms with Crippen LogP contribution in [0.15, 0.2) is 16.7 Å². The van der Waals surface area contributed by atoms with Crippen molar-refractivity contribution in [3.8, 4) is 11.9 Å². The fraction of sp³-hybridized carbons (Fsp3) is 0.538. The maximum absolute atomic E-state index is 15.6. The molecule has 0 aliphatic carbocycles. The standard InChI is InChI=1S/C26H29BrFIN6O2/c1-14(21-5-4-9-33(21)3)37-26-19-13-31-35(17-7-10-34(15(2)36)16(11-17)6-8-30)25(19)18-12-20(29)22(27)23(28)24(18)32-26/h12-14,16-17,21H,4-7,9-11H2,1-3H3/t14-,16+,17-,21?/m0/s1. The second-order valence-corrected chi connectivity index (χ2v) is 12.0. The molecule has 4 atom stereocenters. The van der Waals surface area contributed by atoms with E-state index in [1.54, 1.807) is 18.0 Å². The van der Waals surface area contributed by atoms with Gasteiger partial charge >= 0.3 is 0 Å². The zero-order valence-corrected chi connectivity index (χ0v) is 24.8. The van der Waals surface area contributed by atoms with E-state index < -0.39 is 5.82 Å². The lowest BCUT2D eigenvalue weighted by atomic mass is 9.95. The van der Waals surface area contributed by atoms with Gasteiger partial charge in [-0.05, 0) is 90.8 Å². The molecule has 11 heteroatoms. The molecule has 5 rings (SSSR count). The lowest BCUT2D eigenvalue weighted by Crippen LogP contribution is -2.45. The summed E-state index contributed by atoms with van der Waals surface area (Å²) in [5.41, 5.74) is 1.01. The first kappa shape index (κ1) is 26.6. The number of carbonyl (C=O) groups excluding carboxylic acids is 1. The summed E-state index contributed by atoms with van der Waals surface area (Å²) in [6.07, 6.45) is 5.35. The van der Waals surface area contributed by atoms with Crippen LogP contribution in [0.5, 0.6) is 5.88 Å². The highest BCUT2D eigenvalue weighted by Gasteiger charge is 2.34. The molecule has 2 aromatic heterocycles. The number of aromatic nitrogens is 3. The summed E-state index contributed by atoms with van der Waals surface area (Å²) in [6, 6.07) is 4.17. The minimum absolute atomic E-state index is 0.0262. The Balaban J connectivity index is 1.63. The van der Waals surface area contributed by atoms with E-state index in [9.17, 15) is 10.1 Å². The lowest BCUT2D eigenvalue weighted by molar-refractivity contribution is -0.132. The fourth-order valence-corrected chi connectivity index (χ4v) is 6.79. The van der Waals surface area contributed by atoms with Crippen LogP contribution in [0.3, 0.4) is 0 Å². The summed E-state index contributed by atoms with van der Waals surface area (Å²) in [6.45, 7) is 5.16. The van der Waals surface area contributed by atoms with Crippen LogP contribution in [-0.4, -0.2) is 68.8 Å². The summed E-state index contributed by atoms with van der Waals surface area (Å²) in [5.74, 6) is -0.0780. The number of rotatable bonds is 5. The van der Waals surface area contributed by atoms with Crippen molar-refractivity contribution in [3.05, 3.63) is 26.1 Å². The molecule has 37 heavy (non-hydrogen) atoms. The SMILES string of the molecule is CC(=O)N1CC[C@H](n2ncc3c(O[C@@H](C)C4CCCN4C)nc4c(F)c(Br)c(I)cc4c32)C[C@H]1CC#N. The molecule has 2 aliphatic heterocycles. The molecule has 0 spiro atoms. The number of likely N-dealkylation sites (N-methyl/N-ethyl adjacent to an activating group) is 1. The highest BCUT2D eigenvalue weighted by atomic mass is 127. The second kappa shape index (κ2) is 10.6. The van der Waals surface area contributed by atoms with Gasteiger partial charge in [-0.15, -0.1) is 0 Å². The van der Waals surface area contributed by atoms with Crippen LogP contribution >= 0.6 is 38.5 Å². The smallest absolute Gasteiger partial charge is 0.225 e. The molecule has 2 aliphatic rings. The summed E-state index contributed by atoms with van der Waals surface area (Å²) in [7, 11) is 2.10. The maximum Gasteiger partial charge on any atom is 0.225 e. The van der Waals surface area contributed by atoms with Crippen molar-refractivity contribution in [1.82, 2.24) is 24.6 Å². The van der Waals surface area contributed by atoms with Gasteiger partial charge < -0.3 is 9.64 Å². The molecular formula is C26H29BrFIN6O2. The lowest BCUT2D eigenvalue weighted by Gasteiger charge is -2.38. The van der Waals surface area contributed by atoms with E-state index in [2.05, 4.69) is 61.5 Å². The van der Waals surface area contributed by atoms with Crippen LogP contribution in [0, 0.1) is 20.7 Å². The van der Waals surface area contributed by atoms with Gasteiger partial charge in [-0.25, -0.2) is 9.37 Å². The number of benzene rings is 1. The Labute approximate surface area is 237 Å². The average molecular weight is 683 g/mol. The van der Waals surface area contributed by atoms with E-state index in [1.807, 2.05) is 17.7 Å². The number of likely N-dealkylation sites (tertiary alicyclic amines) is 2. The molecule has 0 bridgehead atoms. The van der Waals surface area contributed by atoms with Crippen molar-refractivity contribution in [3.63, 3.8) is 0 Å². The van der Waals surface area contributed by atoms with E-state index in [4.69, 9.17) is 9.84 Å². The molecule has 8 nitrogen and oxygen atoms in total. The van der Waals surface area contributed by atoms with Gasteiger partial charge in [0.2, 0.25) is 11.8 Å². The summed E-state index contributed by atoms with van der Waals surface area (Å²) in [4.78, 5) is 20.9. The Kier molecular flexibility index (Phi) is 7.62. The Hall–Kier alpha value is -2.04. The van der Waals surface area contributed by atoms with Gasteiger partial charge in [0.05, 0.1) is 40.1 Å². The number of ether oxygens (including phenoxy) is 1. The first-order valence-corrected chi connectivity index (χ1v) is 14.4. The third-order valence-corrected chi connectivity index (χ3v) is 10.2. The Morgan fingerprint density at radius 2 is 2.16 bits per heavy atom. The van der Waals surface area contributed by atoms with E-state index >= 15 is 4.39 Å². The molecule has 0 radical (unpaired) electrons. The van der Waals surface area contributed by atoms with Crippen LogP contribution < -0.4 is 4.74 Å². The average Bonchev–Trinajstić information content (AvgIpc) is 3.50. The number of hydrogen-bond acceptors (Lipinski definition) is 6. The number of amides is 1. The highest BCUT2D eigenvalue weighted by Crippen LogP contribution is 2.40. The molecule has 196 valence electrons. The first-order valence-electron chi connectivity index (χ1n) is 12.6. The minimum atomic E-state index is -0.430. The Bertz CT molecular complexity index is 1410. The zero-order valence-electron chi connectivity index (χ0n) is 21.0. The number of pyridine rings is 1. The normalized spacial score (nSPS) is 23.5. The van der Waals surface area contributed by atoms with Crippen LogP contribution in [0.1, 0.15) is 52.0 Å². The minimum Gasteiger partial charge on any atom is -0.472 e. The van der Waals surface area contributed by atoms with E-state index in [0.29, 0.717) is 35.1 Å². The molecule has 0 saturated carbocycles. The third-order valence-electron chi connectivity index (χ3n) is 7.81. The number of nitrogens with zero attached hydrogens (tertiary/aromatic N) is 6.